The van der Waals surface area contributed by atoms with Gasteiger partial charge in [-0.25, -0.2) is 0 Å². The first-order chi connectivity index (χ1) is 5.83. The van der Waals surface area contributed by atoms with Crippen LogP contribution in [0.25, 0.3) is 0 Å². The van der Waals surface area contributed by atoms with E-state index in [9.17, 15) is 4.79 Å². The molecule has 0 aliphatic heterocycles. The number of carbonyl (C=O) groups is 1. The fourth-order valence-electron chi connectivity index (χ4n) is 2.17. The van der Waals surface area contributed by atoms with E-state index in [1.54, 1.807) is 0 Å². The summed E-state index contributed by atoms with van der Waals surface area (Å²) in [6.45, 7) is 2.35. The Balaban J connectivity index is 2.25. The monoisotopic (exact) mass is 168 g/mol. The predicted molar refractivity (Wildman–Crippen MR) is 51.0 cm³/mol. The number of aldehydes is 1. The van der Waals surface area contributed by atoms with E-state index >= 15 is 0 Å². The van der Waals surface area contributed by atoms with Crippen LogP contribution in [0.5, 0.6) is 0 Å². The van der Waals surface area contributed by atoms with Crippen molar-refractivity contribution < 1.29 is 4.79 Å². The molecule has 0 unspecified atom stereocenters. The smallest absolute Gasteiger partial charge is 0.120 e. The lowest BCUT2D eigenvalue weighted by Gasteiger charge is -2.20. The lowest BCUT2D eigenvalue weighted by molar-refractivity contribution is -0.108. The Morgan fingerprint density at radius 2 is 1.75 bits per heavy atom. The molecule has 1 heteroatoms. The van der Waals surface area contributed by atoms with Gasteiger partial charge in [0.2, 0.25) is 0 Å². The van der Waals surface area contributed by atoms with Gasteiger partial charge in [0.1, 0.15) is 6.29 Å². The second-order valence-electron chi connectivity index (χ2n) is 4.24. The van der Waals surface area contributed by atoms with Gasteiger partial charge in [0.05, 0.1) is 0 Å². The van der Waals surface area contributed by atoms with Crippen LogP contribution in [0.4, 0.5) is 0 Å². The first-order valence-corrected chi connectivity index (χ1v) is 5.26. The van der Waals surface area contributed by atoms with Gasteiger partial charge in [-0.3, -0.25) is 0 Å². The minimum atomic E-state index is 0.704. The van der Waals surface area contributed by atoms with E-state index in [1.165, 1.54) is 38.5 Å². The van der Waals surface area contributed by atoms with Gasteiger partial charge in [0, 0.05) is 6.42 Å². The van der Waals surface area contributed by atoms with Gasteiger partial charge in [0.25, 0.3) is 0 Å². The van der Waals surface area contributed by atoms with Gasteiger partial charge in [-0.1, -0.05) is 45.4 Å². The van der Waals surface area contributed by atoms with Gasteiger partial charge < -0.3 is 4.79 Å². The second kappa shape index (κ2) is 5.34. The Morgan fingerprint density at radius 3 is 2.25 bits per heavy atom. The summed E-state index contributed by atoms with van der Waals surface area (Å²) in [6, 6.07) is 0. The molecule has 1 rings (SSSR count). The maximum Gasteiger partial charge on any atom is 0.120 e. The molecule has 0 atom stereocenters. The van der Waals surface area contributed by atoms with Crippen LogP contribution in [0.1, 0.15) is 51.9 Å². The fraction of sp³-hybridized carbons (Fsp3) is 0.909. The lowest BCUT2D eigenvalue weighted by atomic mass is 9.85. The molecule has 12 heavy (non-hydrogen) atoms. The van der Waals surface area contributed by atoms with Crippen LogP contribution < -0.4 is 0 Å². The van der Waals surface area contributed by atoms with Crippen molar-refractivity contribution in [3.05, 3.63) is 0 Å². The Hall–Kier alpha value is -0.330. The van der Waals surface area contributed by atoms with Gasteiger partial charge in [-0.2, -0.15) is 0 Å². The molecule has 1 aliphatic rings. The Kier molecular flexibility index (Phi) is 4.34. The second-order valence-corrected chi connectivity index (χ2v) is 4.24. The Labute approximate surface area is 75.5 Å². The molecular weight excluding hydrogens is 148 g/mol. The molecule has 0 saturated heterocycles. The third-order valence-electron chi connectivity index (χ3n) is 3.05. The average Bonchev–Trinajstić information content (AvgIpc) is 2.00. The van der Waals surface area contributed by atoms with Crippen LogP contribution in [-0.2, 0) is 4.79 Å². The van der Waals surface area contributed by atoms with Crippen LogP contribution in [0.2, 0.25) is 0 Å². The molecule has 0 amide bonds. The molecule has 0 heterocycles. The van der Waals surface area contributed by atoms with Crippen molar-refractivity contribution in [3.63, 3.8) is 0 Å². The van der Waals surface area contributed by atoms with Crippen molar-refractivity contribution >= 4 is 6.29 Å². The Bertz CT molecular complexity index is 121. The average molecular weight is 168 g/mol. The maximum atomic E-state index is 10.3. The number of rotatable bonds is 2. The van der Waals surface area contributed by atoms with Crippen molar-refractivity contribution in [3.8, 4) is 0 Å². The third-order valence-corrected chi connectivity index (χ3v) is 3.05. The van der Waals surface area contributed by atoms with E-state index in [0.29, 0.717) is 5.92 Å². The van der Waals surface area contributed by atoms with Crippen LogP contribution >= 0.6 is 0 Å². The highest BCUT2D eigenvalue weighted by molar-refractivity contribution is 5.49. The molecule has 0 aromatic heterocycles. The van der Waals surface area contributed by atoms with Crippen molar-refractivity contribution in [1.82, 2.24) is 0 Å². The van der Waals surface area contributed by atoms with E-state index in [0.717, 1.165) is 18.6 Å². The molecular formula is C11H20O. The molecule has 0 aromatic carbocycles. The number of hydrogen-bond acceptors (Lipinski definition) is 1. The summed E-state index contributed by atoms with van der Waals surface area (Å²) in [6.07, 6.45) is 9.86. The zero-order valence-electron chi connectivity index (χ0n) is 8.09. The molecule has 1 aliphatic carbocycles. The molecule has 0 N–H and O–H groups in total. The van der Waals surface area contributed by atoms with Crippen molar-refractivity contribution in [1.29, 1.82) is 0 Å². The van der Waals surface area contributed by atoms with E-state index in [-0.39, 0.29) is 0 Å². The largest absolute Gasteiger partial charge is 0.303 e. The maximum absolute atomic E-state index is 10.3. The molecule has 0 radical (unpaired) electrons. The van der Waals surface area contributed by atoms with E-state index in [2.05, 4.69) is 6.92 Å². The standard InChI is InChI=1S/C11H20O/c1-10-4-2-6-11(8-9-12)7-3-5-10/h9-11H,2-8H2,1H3. The molecule has 1 nitrogen and oxygen atoms in total. The fourth-order valence-corrected chi connectivity index (χ4v) is 2.17. The quantitative estimate of drug-likeness (QED) is 0.579. The van der Waals surface area contributed by atoms with Crippen molar-refractivity contribution in [2.24, 2.45) is 11.8 Å². The summed E-state index contributed by atoms with van der Waals surface area (Å²) < 4.78 is 0. The van der Waals surface area contributed by atoms with E-state index in [1.807, 2.05) is 0 Å². The van der Waals surface area contributed by atoms with Crippen LogP contribution in [0.3, 0.4) is 0 Å². The third kappa shape index (κ3) is 3.38. The highest BCUT2D eigenvalue weighted by atomic mass is 16.1. The summed E-state index contributed by atoms with van der Waals surface area (Å²) >= 11 is 0. The first kappa shape index (κ1) is 9.76. The van der Waals surface area contributed by atoms with Crippen molar-refractivity contribution in [2.45, 2.75) is 51.9 Å². The molecule has 70 valence electrons. The first-order valence-electron chi connectivity index (χ1n) is 5.26. The van der Waals surface area contributed by atoms with Gasteiger partial charge in [0.15, 0.2) is 0 Å². The molecule has 0 spiro atoms. The van der Waals surface area contributed by atoms with E-state index < -0.39 is 0 Å². The minimum Gasteiger partial charge on any atom is -0.303 e. The van der Waals surface area contributed by atoms with Gasteiger partial charge in [-0.05, 0) is 11.8 Å². The predicted octanol–water partition coefficient (Wildman–Crippen LogP) is 3.18. The van der Waals surface area contributed by atoms with Crippen molar-refractivity contribution in [2.75, 3.05) is 0 Å². The molecule has 1 fully saturated rings. The normalized spacial score (nSPS) is 32.1. The summed E-state index contributed by atoms with van der Waals surface area (Å²) in [4.78, 5) is 10.3. The van der Waals surface area contributed by atoms with Crippen LogP contribution in [0.15, 0.2) is 0 Å². The number of hydrogen-bond donors (Lipinski definition) is 0. The van der Waals surface area contributed by atoms with Crippen LogP contribution in [0, 0.1) is 11.8 Å². The summed E-state index contributed by atoms with van der Waals surface area (Å²) in [5.74, 6) is 1.62. The van der Waals surface area contributed by atoms with Gasteiger partial charge in [-0.15, -0.1) is 0 Å². The SMILES string of the molecule is CC1CCCC(CC=O)CCC1. The number of carbonyl (C=O) groups excluding carboxylic acids is 1. The summed E-state index contributed by atoms with van der Waals surface area (Å²) in [5, 5.41) is 0. The molecule has 1 saturated carbocycles. The zero-order chi connectivity index (χ0) is 8.81. The van der Waals surface area contributed by atoms with Crippen LogP contribution in [-0.4, -0.2) is 6.29 Å². The van der Waals surface area contributed by atoms with Gasteiger partial charge >= 0.3 is 0 Å². The lowest BCUT2D eigenvalue weighted by Crippen LogP contribution is -2.07. The minimum absolute atomic E-state index is 0.704. The molecule has 0 aromatic rings. The highest BCUT2D eigenvalue weighted by Crippen LogP contribution is 2.26. The highest BCUT2D eigenvalue weighted by Gasteiger charge is 2.13. The summed E-state index contributed by atoms with van der Waals surface area (Å²) in [5.41, 5.74) is 0. The zero-order valence-corrected chi connectivity index (χ0v) is 8.09. The van der Waals surface area contributed by atoms with E-state index in [4.69, 9.17) is 0 Å². The summed E-state index contributed by atoms with van der Waals surface area (Å²) in [7, 11) is 0. The molecule has 0 bridgehead atoms. The Morgan fingerprint density at radius 1 is 1.17 bits per heavy atom. The topological polar surface area (TPSA) is 17.1 Å².